The number of phosphoric ester groups is 1. The molecule has 15 nitrogen and oxygen atoms in total. The maximum absolute atomic E-state index is 13.0. The van der Waals surface area contributed by atoms with E-state index >= 15 is 0 Å². The largest absolute Gasteiger partial charge is 0.530 e. The van der Waals surface area contributed by atoms with Gasteiger partial charge in [0, 0.05) is 53.4 Å². The lowest BCUT2D eigenvalue weighted by Gasteiger charge is -2.30. The molecule has 3 N–H and O–H groups in total. The second-order valence-corrected chi connectivity index (χ2v) is 32.8. The molecule has 0 aromatic heterocycles. The number of hydrogen-bond acceptors (Lipinski definition) is 15. The molecule has 0 amide bonds. The molecule has 0 fully saturated rings. The lowest BCUT2D eigenvalue weighted by molar-refractivity contribution is -0.306. The maximum Gasteiger partial charge on any atom is 0.530 e. The Bertz CT molecular complexity index is 2330. The molecule has 0 saturated carbocycles. The monoisotopic (exact) mass is 1180 g/mol. The molecule has 0 bridgehead atoms. The predicted octanol–water partition coefficient (Wildman–Crippen LogP) is 19.0. The van der Waals surface area contributed by atoms with Gasteiger partial charge in [0.1, 0.15) is 34.5 Å². The summed E-state index contributed by atoms with van der Waals surface area (Å²) < 4.78 is 77.2. The highest BCUT2D eigenvalue weighted by atomic mass is 31.2. The summed E-state index contributed by atoms with van der Waals surface area (Å²) in [5, 5.41) is 27.9. The third-order valence-corrected chi connectivity index (χ3v) is 15.2. The van der Waals surface area contributed by atoms with Crippen molar-refractivity contribution in [1.82, 2.24) is 0 Å². The van der Waals surface area contributed by atoms with Crippen molar-refractivity contribution in [2.75, 3.05) is 53.0 Å². The van der Waals surface area contributed by atoms with Crippen LogP contribution in [0.3, 0.4) is 0 Å². The average Bonchev–Trinajstić information content (AvgIpc) is 3.23. The molecule has 0 saturated heterocycles. The molecule has 0 radical (unpaired) electrons. The van der Waals surface area contributed by atoms with Gasteiger partial charge < -0.3 is 41.9 Å². The number of benzene rings is 3. The molecule has 3 aromatic rings. The van der Waals surface area contributed by atoms with Crippen LogP contribution in [0.5, 0.6) is 34.5 Å². The number of phosphoric acid groups is 1. The Labute approximate surface area is 475 Å². The van der Waals surface area contributed by atoms with Crippen molar-refractivity contribution < 1.29 is 70.2 Å². The SMILES string of the molecule is CC(C)(C)OO.CC(C)(C)c1cc(O)c(C(C)(C)C)cc1O.CCOP(=O)(OCC)Oc1cc(C(C)(C)C)c(OP(C)(C)=O)cc1C(C)(C)C.CCOP(C)Oc1cc(C(C)(C)C)c(OP(OCC)OCC)cc1C(C)(C)C. The number of rotatable bonds is 18. The molecular weight excluding hydrogens is 1070 g/mol. The first-order valence-corrected chi connectivity index (χ1v) is 33.6. The molecule has 1 atom stereocenters. The van der Waals surface area contributed by atoms with Crippen molar-refractivity contribution in [3.8, 4) is 34.5 Å². The third kappa shape index (κ3) is 27.1. The zero-order valence-corrected chi connectivity index (χ0v) is 57.1. The lowest BCUT2D eigenvalue weighted by Crippen LogP contribution is -2.18. The van der Waals surface area contributed by atoms with Crippen LogP contribution in [-0.2, 0) is 69.1 Å². The third-order valence-electron chi connectivity index (χ3n) is 10.7. The van der Waals surface area contributed by atoms with Gasteiger partial charge >= 0.3 is 16.4 Å². The molecular formula is C59H106O15P4. The van der Waals surface area contributed by atoms with Crippen LogP contribution in [0.4, 0.5) is 0 Å². The van der Waals surface area contributed by atoms with E-state index in [4.69, 9.17) is 46.0 Å². The highest BCUT2D eigenvalue weighted by Gasteiger charge is 2.35. The fraction of sp³-hybridized carbons (Fsp3) is 0.695. The summed E-state index contributed by atoms with van der Waals surface area (Å²) in [4.78, 5) is 3.94. The second kappa shape index (κ2) is 30.7. The molecule has 3 rings (SSSR count). The number of aromatic hydroxyl groups is 2. The Morgan fingerprint density at radius 3 is 0.974 bits per heavy atom. The van der Waals surface area contributed by atoms with Gasteiger partial charge in [-0.1, -0.05) is 125 Å². The quantitative estimate of drug-likeness (QED) is 0.0472. The normalized spacial score (nSPS) is 13.3. The molecule has 0 aliphatic rings. The predicted molar refractivity (Wildman–Crippen MR) is 326 cm³/mol. The zero-order valence-electron chi connectivity index (χ0n) is 53.5. The summed E-state index contributed by atoms with van der Waals surface area (Å²) >= 11 is 0. The summed E-state index contributed by atoms with van der Waals surface area (Å²) in [7, 11) is -8.97. The van der Waals surface area contributed by atoms with Gasteiger partial charge in [-0.3, -0.25) is 18.9 Å². The fourth-order valence-corrected chi connectivity index (χ4v) is 10.6. The smallest absolute Gasteiger partial charge is 0.508 e. The first-order valence-electron chi connectivity index (χ1n) is 26.9. The Kier molecular flexibility index (Phi) is 29.7. The number of phenolic OH excluding ortho intramolecular Hbond substituents is 2. The van der Waals surface area contributed by atoms with Gasteiger partial charge in [0.25, 0.3) is 0 Å². The van der Waals surface area contributed by atoms with Gasteiger partial charge in [-0.25, -0.2) is 9.45 Å². The lowest BCUT2D eigenvalue weighted by atomic mass is 9.81. The first kappa shape index (κ1) is 75.5. The van der Waals surface area contributed by atoms with E-state index < -0.39 is 37.8 Å². The van der Waals surface area contributed by atoms with Gasteiger partial charge in [-0.05, 0) is 124 Å². The van der Waals surface area contributed by atoms with Crippen molar-refractivity contribution in [2.24, 2.45) is 0 Å². The van der Waals surface area contributed by atoms with Gasteiger partial charge in [-0.15, -0.1) is 0 Å². The Hall–Kier alpha value is -2.50. The maximum atomic E-state index is 13.0. The molecule has 19 heteroatoms. The van der Waals surface area contributed by atoms with Crippen molar-refractivity contribution in [2.45, 2.75) is 218 Å². The van der Waals surface area contributed by atoms with E-state index in [-0.39, 0.29) is 57.2 Å². The topological polar surface area (TPSA) is 187 Å². The summed E-state index contributed by atoms with van der Waals surface area (Å²) in [6.07, 6.45) is 0. The standard InChI is InChI=1S/C21H38O5P2.C20H36O6P2.C14H22O2.C4H10O2/c1-11-22-27(10)25-18-14-17(21(7,8)9)19(15-16(18)20(4,5)6)26-28(23-12-2)24-13-3;1-11-23-28(22,24-12-2)26-18-14-15(19(3,4)5)17(25-27(9,10)21)13-16(18)20(6,7)8;1-13(2,3)9-7-12(16)10(8-11(9)15)14(4,5)6;1-4(2,3)6-5/h14-15H,11-13H2,1-10H3;13-14H,11-12H2,1-10H3;7-8,15-16H,1-6H3;5H,1-3H3. The molecule has 0 aliphatic heterocycles. The fourth-order valence-electron chi connectivity index (χ4n) is 7.04. The Balaban J connectivity index is 0.00000111. The van der Waals surface area contributed by atoms with E-state index in [1.165, 1.54) is 0 Å². The molecule has 452 valence electrons. The van der Waals surface area contributed by atoms with Gasteiger partial charge in [-0.2, -0.15) is 0 Å². The summed E-state index contributed by atoms with van der Waals surface area (Å²) in [5.41, 5.74) is 3.60. The Morgan fingerprint density at radius 2 is 0.705 bits per heavy atom. The van der Waals surface area contributed by atoms with Crippen LogP contribution < -0.4 is 18.1 Å². The molecule has 0 aliphatic carbocycles. The summed E-state index contributed by atoms with van der Waals surface area (Å²) in [5.74, 6) is 3.11. The highest BCUT2D eigenvalue weighted by molar-refractivity contribution is 7.57. The van der Waals surface area contributed by atoms with Crippen molar-refractivity contribution in [1.29, 1.82) is 0 Å². The van der Waals surface area contributed by atoms with Crippen LogP contribution in [-0.4, -0.2) is 74.1 Å². The zero-order chi connectivity index (χ0) is 61.4. The summed E-state index contributed by atoms with van der Waals surface area (Å²) in [6.45, 7) is 59.1. The minimum Gasteiger partial charge on any atom is -0.508 e. The average molecular weight is 1180 g/mol. The van der Waals surface area contributed by atoms with Gasteiger partial charge in [0.05, 0.1) is 38.6 Å². The molecule has 78 heavy (non-hydrogen) atoms. The molecule has 0 heterocycles. The van der Waals surface area contributed by atoms with Gasteiger partial charge in [0.15, 0.2) is 0 Å². The number of phenols is 2. The van der Waals surface area contributed by atoms with Crippen LogP contribution in [0, 0.1) is 0 Å². The van der Waals surface area contributed by atoms with Crippen LogP contribution in [0.2, 0.25) is 0 Å². The molecule has 0 spiro atoms. The Morgan fingerprint density at radius 1 is 0.423 bits per heavy atom. The van der Waals surface area contributed by atoms with E-state index in [1.807, 2.05) is 117 Å². The van der Waals surface area contributed by atoms with E-state index in [0.717, 1.165) is 44.9 Å². The van der Waals surface area contributed by atoms with Crippen molar-refractivity contribution in [3.05, 3.63) is 69.8 Å². The first-order chi connectivity index (χ1) is 35.0. The van der Waals surface area contributed by atoms with Crippen molar-refractivity contribution >= 4 is 32.2 Å². The van der Waals surface area contributed by atoms with Gasteiger partial charge in [0.2, 0.25) is 15.7 Å². The highest BCUT2D eigenvalue weighted by Crippen LogP contribution is 2.55. The van der Waals surface area contributed by atoms with E-state index in [2.05, 4.69) is 58.6 Å². The molecule has 1 unspecified atom stereocenters. The van der Waals surface area contributed by atoms with E-state index in [1.54, 1.807) is 66.1 Å². The van der Waals surface area contributed by atoms with Crippen molar-refractivity contribution in [3.63, 3.8) is 0 Å². The molecule has 3 aromatic carbocycles. The van der Waals surface area contributed by atoms with Crippen LogP contribution in [0.25, 0.3) is 0 Å². The summed E-state index contributed by atoms with van der Waals surface area (Å²) in [6, 6.07) is 11.2. The van der Waals surface area contributed by atoms with E-state index in [9.17, 15) is 19.3 Å². The number of hydrogen-bond donors (Lipinski definition) is 3. The van der Waals surface area contributed by atoms with E-state index in [0.29, 0.717) is 31.3 Å². The van der Waals surface area contributed by atoms with Crippen LogP contribution in [0.1, 0.15) is 213 Å². The van der Waals surface area contributed by atoms with Crippen LogP contribution >= 0.6 is 32.2 Å². The minimum absolute atomic E-state index is 0.119. The van der Waals surface area contributed by atoms with Crippen LogP contribution in [0.15, 0.2) is 36.4 Å². The second-order valence-electron chi connectivity index (χ2n) is 26.1. The minimum atomic E-state index is -3.76.